The van der Waals surface area contributed by atoms with Gasteiger partial charge in [-0.3, -0.25) is 0 Å². The van der Waals surface area contributed by atoms with Crippen molar-refractivity contribution in [1.29, 1.82) is 0 Å². The highest BCUT2D eigenvalue weighted by molar-refractivity contribution is 7.99. The third-order valence-electron chi connectivity index (χ3n) is 2.68. The van der Waals surface area contributed by atoms with Crippen LogP contribution in [-0.4, -0.2) is 10.9 Å². The van der Waals surface area contributed by atoms with Gasteiger partial charge in [0.15, 0.2) is 5.11 Å². The third kappa shape index (κ3) is 5.79. The van der Waals surface area contributed by atoms with Gasteiger partial charge in [-0.1, -0.05) is 35.5 Å². The molecule has 2 aromatic rings. The van der Waals surface area contributed by atoms with Crippen LogP contribution in [0.4, 0.5) is 14.5 Å². The second kappa shape index (κ2) is 8.31. The molecule has 0 aliphatic carbocycles. The number of nitrogens with one attached hydrogen (secondary N) is 2. The first-order valence-electron chi connectivity index (χ1n) is 6.37. The summed E-state index contributed by atoms with van der Waals surface area (Å²) in [6.07, 6.45) is 0. The van der Waals surface area contributed by atoms with E-state index in [4.69, 9.17) is 23.8 Å². The van der Waals surface area contributed by atoms with Crippen molar-refractivity contribution in [2.24, 2.45) is 0 Å². The molecule has 0 saturated heterocycles. The maximum atomic E-state index is 12.2. The highest BCUT2D eigenvalue weighted by atomic mass is 35.5. The minimum atomic E-state index is -2.42. The first-order valence-corrected chi connectivity index (χ1v) is 8.04. The predicted octanol–water partition coefficient (Wildman–Crippen LogP) is 5.14. The fraction of sp³-hybridized carbons (Fsp3) is 0.133. The number of halogens is 3. The molecule has 0 aromatic heterocycles. The summed E-state index contributed by atoms with van der Waals surface area (Å²) in [6.45, 7) is 0.547. The van der Waals surface area contributed by atoms with Crippen LogP contribution in [0.5, 0.6) is 0 Å². The summed E-state index contributed by atoms with van der Waals surface area (Å²) in [5, 5.41) is 7.18. The van der Waals surface area contributed by atoms with Gasteiger partial charge in [-0.25, -0.2) is 0 Å². The molecule has 0 amide bonds. The topological polar surface area (TPSA) is 24.1 Å². The number of hydrogen-bond donors (Lipinski definition) is 2. The van der Waals surface area contributed by atoms with Gasteiger partial charge < -0.3 is 10.6 Å². The van der Waals surface area contributed by atoms with E-state index < -0.39 is 5.76 Å². The van der Waals surface area contributed by atoms with Gasteiger partial charge in [0.2, 0.25) is 0 Å². The fourth-order valence-electron chi connectivity index (χ4n) is 1.72. The smallest absolute Gasteiger partial charge is 0.288 e. The average molecular weight is 359 g/mol. The van der Waals surface area contributed by atoms with Crippen LogP contribution in [-0.2, 0) is 6.54 Å². The lowest BCUT2D eigenvalue weighted by Gasteiger charge is -2.11. The summed E-state index contributed by atoms with van der Waals surface area (Å²) >= 11 is 11.6. The molecule has 0 saturated carbocycles. The number of benzene rings is 2. The molecular weight excluding hydrogens is 346 g/mol. The van der Waals surface area contributed by atoms with Crippen LogP contribution in [0, 0.1) is 0 Å². The van der Waals surface area contributed by atoms with Gasteiger partial charge in [-0.05, 0) is 54.2 Å². The molecule has 0 fully saturated rings. The van der Waals surface area contributed by atoms with E-state index in [0.29, 0.717) is 33.3 Å². The lowest BCUT2D eigenvalue weighted by Crippen LogP contribution is -2.27. The third-order valence-corrected chi connectivity index (χ3v) is 3.88. The molecule has 0 aliphatic rings. The normalized spacial score (nSPS) is 10.5. The van der Waals surface area contributed by atoms with Gasteiger partial charge in [0.1, 0.15) is 0 Å². The van der Waals surface area contributed by atoms with Gasteiger partial charge in [0.25, 0.3) is 5.76 Å². The molecule has 2 rings (SSSR count). The summed E-state index contributed by atoms with van der Waals surface area (Å²) in [6, 6.07) is 14.1. The van der Waals surface area contributed by atoms with Crippen molar-refractivity contribution in [3.05, 3.63) is 59.1 Å². The van der Waals surface area contributed by atoms with E-state index in [0.717, 1.165) is 11.3 Å². The molecule has 7 heteroatoms. The van der Waals surface area contributed by atoms with Crippen molar-refractivity contribution in [2.75, 3.05) is 5.32 Å². The number of alkyl halides is 2. The van der Waals surface area contributed by atoms with E-state index in [1.807, 2.05) is 18.2 Å². The Morgan fingerprint density at radius 2 is 1.91 bits per heavy atom. The molecule has 0 aliphatic heterocycles. The summed E-state index contributed by atoms with van der Waals surface area (Å²) in [4.78, 5) is 0.512. The van der Waals surface area contributed by atoms with Crippen molar-refractivity contribution in [3.8, 4) is 0 Å². The Hall–Kier alpha value is -1.37. The lowest BCUT2D eigenvalue weighted by molar-refractivity contribution is 0.252. The molecule has 0 radical (unpaired) electrons. The van der Waals surface area contributed by atoms with Crippen molar-refractivity contribution in [3.63, 3.8) is 0 Å². The standard InChI is InChI=1S/C15H13ClF2N2S2/c16-11-3-1-2-10(8-11)9-19-15(21)20-12-4-6-13(7-5-12)22-14(17)18/h1-8,14H,9H2,(H2,19,20,21). The molecule has 2 nitrogen and oxygen atoms in total. The average Bonchev–Trinajstić information content (AvgIpc) is 2.47. The van der Waals surface area contributed by atoms with E-state index in [1.54, 1.807) is 30.3 Å². The first-order chi connectivity index (χ1) is 10.5. The van der Waals surface area contributed by atoms with Crippen LogP contribution in [0.25, 0.3) is 0 Å². The lowest BCUT2D eigenvalue weighted by atomic mass is 10.2. The molecule has 116 valence electrons. The highest BCUT2D eigenvalue weighted by Crippen LogP contribution is 2.26. The Morgan fingerprint density at radius 1 is 1.18 bits per heavy atom. The van der Waals surface area contributed by atoms with Crippen LogP contribution in [0.2, 0.25) is 5.02 Å². The second-order valence-corrected chi connectivity index (χ2v) is 6.25. The number of rotatable bonds is 5. The van der Waals surface area contributed by atoms with E-state index in [9.17, 15) is 8.78 Å². The van der Waals surface area contributed by atoms with Gasteiger partial charge in [0.05, 0.1) is 0 Å². The van der Waals surface area contributed by atoms with Crippen LogP contribution >= 0.6 is 35.6 Å². The molecule has 22 heavy (non-hydrogen) atoms. The summed E-state index contributed by atoms with van der Waals surface area (Å²) in [7, 11) is 0. The monoisotopic (exact) mass is 358 g/mol. The summed E-state index contributed by atoms with van der Waals surface area (Å²) in [5.74, 6) is -2.42. The molecule has 0 unspecified atom stereocenters. The number of thioether (sulfide) groups is 1. The van der Waals surface area contributed by atoms with Gasteiger partial charge in [0, 0.05) is 22.2 Å². The fourth-order valence-corrected chi connectivity index (χ4v) is 2.63. The summed E-state index contributed by atoms with van der Waals surface area (Å²) < 4.78 is 24.5. The van der Waals surface area contributed by atoms with Crippen molar-refractivity contribution in [1.82, 2.24) is 5.32 Å². The predicted molar refractivity (Wildman–Crippen MR) is 92.8 cm³/mol. The number of anilines is 1. The Labute approximate surface area is 142 Å². The minimum Gasteiger partial charge on any atom is -0.358 e. The molecule has 0 atom stereocenters. The zero-order valence-electron chi connectivity index (χ0n) is 11.4. The zero-order valence-corrected chi connectivity index (χ0v) is 13.7. The number of hydrogen-bond acceptors (Lipinski definition) is 2. The van der Waals surface area contributed by atoms with Gasteiger partial charge in [-0.15, -0.1) is 0 Å². The molecule has 0 heterocycles. The molecule has 0 spiro atoms. The van der Waals surface area contributed by atoms with E-state index >= 15 is 0 Å². The maximum absolute atomic E-state index is 12.2. The van der Waals surface area contributed by atoms with Gasteiger partial charge in [-0.2, -0.15) is 8.78 Å². The largest absolute Gasteiger partial charge is 0.358 e. The SMILES string of the molecule is FC(F)Sc1ccc(NC(=S)NCc2cccc(Cl)c2)cc1. The first kappa shape index (κ1) is 17.0. The molecular formula is C15H13ClF2N2S2. The Bertz CT molecular complexity index is 636. The zero-order chi connectivity index (χ0) is 15.9. The Morgan fingerprint density at radius 3 is 2.55 bits per heavy atom. The Kier molecular flexibility index (Phi) is 6.42. The van der Waals surface area contributed by atoms with Crippen molar-refractivity contribution in [2.45, 2.75) is 17.2 Å². The molecule has 2 aromatic carbocycles. The molecule has 2 N–H and O–H groups in total. The van der Waals surface area contributed by atoms with Crippen molar-refractivity contribution < 1.29 is 8.78 Å². The minimum absolute atomic E-state index is 0.453. The van der Waals surface area contributed by atoms with Crippen molar-refractivity contribution >= 4 is 46.4 Å². The maximum Gasteiger partial charge on any atom is 0.288 e. The second-order valence-electron chi connectivity index (χ2n) is 4.34. The van der Waals surface area contributed by atoms with E-state index in [2.05, 4.69) is 10.6 Å². The van der Waals surface area contributed by atoms with Gasteiger partial charge >= 0.3 is 0 Å². The van der Waals surface area contributed by atoms with E-state index in [1.165, 1.54) is 0 Å². The van der Waals surface area contributed by atoms with Crippen LogP contribution < -0.4 is 10.6 Å². The molecule has 0 bridgehead atoms. The highest BCUT2D eigenvalue weighted by Gasteiger charge is 2.05. The quantitative estimate of drug-likeness (QED) is 0.570. The van der Waals surface area contributed by atoms with Crippen LogP contribution in [0.1, 0.15) is 5.56 Å². The number of thiocarbonyl (C=S) groups is 1. The van der Waals surface area contributed by atoms with Crippen LogP contribution in [0.15, 0.2) is 53.4 Å². The summed E-state index contributed by atoms with van der Waals surface area (Å²) in [5.41, 5.74) is 1.75. The van der Waals surface area contributed by atoms with E-state index in [-0.39, 0.29) is 0 Å². The van der Waals surface area contributed by atoms with Crippen LogP contribution in [0.3, 0.4) is 0 Å². The Balaban J connectivity index is 1.84.